The van der Waals surface area contributed by atoms with E-state index in [9.17, 15) is 29.3 Å². The van der Waals surface area contributed by atoms with Crippen LogP contribution in [0.2, 0.25) is 0 Å². The molecule has 0 heterocycles. The van der Waals surface area contributed by atoms with Crippen LogP contribution < -0.4 is 15.4 Å². The zero-order chi connectivity index (χ0) is 25.9. The quantitative estimate of drug-likeness (QED) is 0.180. The van der Waals surface area contributed by atoms with Crippen LogP contribution in [0, 0.1) is 10.1 Å². The van der Waals surface area contributed by atoms with Crippen LogP contribution in [-0.2, 0) is 14.3 Å². The van der Waals surface area contributed by atoms with Gasteiger partial charge in [0.15, 0.2) is 12.4 Å². The number of hydrogen-bond donors (Lipinski definition) is 2. The lowest BCUT2D eigenvalue weighted by Gasteiger charge is -2.08. The van der Waals surface area contributed by atoms with Crippen LogP contribution in [0.3, 0.4) is 0 Å². The van der Waals surface area contributed by atoms with Crippen LogP contribution in [0.5, 0.6) is 11.5 Å². The fourth-order valence-corrected chi connectivity index (χ4v) is 2.85. The lowest BCUT2D eigenvalue weighted by atomic mass is 10.1. The van der Waals surface area contributed by atoms with Gasteiger partial charge in [-0.3, -0.25) is 29.3 Å². The van der Waals surface area contributed by atoms with E-state index in [0.717, 1.165) is 0 Å². The molecule has 0 atom stereocenters. The SMILES string of the molecule is O=C(CNC(=O)c1ccccc1)NCC(=O)OCC(=O)c1ccc(Oc2ccc([N+](=O)[O-])cc2)cc1. The van der Waals surface area contributed by atoms with E-state index >= 15 is 0 Å². The van der Waals surface area contributed by atoms with Gasteiger partial charge in [0.1, 0.15) is 18.0 Å². The summed E-state index contributed by atoms with van der Waals surface area (Å²) in [4.78, 5) is 58.0. The molecule has 3 rings (SSSR count). The molecule has 0 aromatic heterocycles. The minimum absolute atomic E-state index is 0.0627. The van der Waals surface area contributed by atoms with Crippen molar-refractivity contribution in [2.45, 2.75) is 0 Å². The summed E-state index contributed by atoms with van der Waals surface area (Å²) < 4.78 is 10.5. The molecule has 2 amide bonds. The topological polar surface area (TPSA) is 154 Å². The Morgan fingerprint density at radius 2 is 1.36 bits per heavy atom. The second kappa shape index (κ2) is 12.4. The van der Waals surface area contributed by atoms with E-state index in [0.29, 0.717) is 17.1 Å². The molecule has 0 spiro atoms. The molecule has 0 aliphatic carbocycles. The Morgan fingerprint density at radius 1 is 0.750 bits per heavy atom. The summed E-state index contributed by atoms with van der Waals surface area (Å²) >= 11 is 0. The Kier molecular flexibility index (Phi) is 8.82. The molecule has 3 aromatic carbocycles. The smallest absolute Gasteiger partial charge is 0.325 e. The zero-order valence-corrected chi connectivity index (χ0v) is 18.8. The van der Waals surface area contributed by atoms with Gasteiger partial charge in [0, 0.05) is 23.3 Å². The molecule has 0 bridgehead atoms. The van der Waals surface area contributed by atoms with Crippen molar-refractivity contribution in [3.05, 3.63) is 100 Å². The largest absolute Gasteiger partial charge is 0.457 e. The number of benzene rings is 3. The minimum atomic E-state index is -0.816. The maximum absolute atomic E-state index is 12.3. The molecule has 0 saturated heterocycles. The highest BCUT2D eigenvalue weighted by Crippen LogP contribution is 2.24. The van der Waals surface area contributed by atoms with Gasteiger partial charge in [0.05, 0.1) is 11.5 Å². The second-order valence-corrected chi connectivity index (χ2v) is 7.29. The Balaban J connectivity index is 1.37. The molecule has 0 aliphatic rings. The summed E-state index contributed by atoms with van der Waals surface area (Å²) in [5, 5.41) is 15.4. The van der Waals surface area contributed by atoms with Gasteiger partial charge in [-0.05, 0) is 48.5 Å². The van der Waals surface area contributed by atoms with Gasteiger partial charge in [0.2, 0.25) is 5.91 Å². The number of nitro benzene ring substituents is 1. The monoisotopic (exact) mass is 491 g/mol. The number of nitro groups is 1. The van der Waals surface area contributed by atoms with Crippen LogP contribution in [-0.4, -0.2) is 48.2 Å². The second-order valence-electron chi connectivity index (χ2n) is 7.29. The molecular weight excluding hydrogens is 470 g/mol. The number of non-ortho nitro benzene ring substituents is 1. The van der Waals surface area contributed by atoms with Crippen molar-refractivity contribution in [2.75, 3.05) is 19.7 Å². The first-order chi connectivity index (χ1) is 17.3. The summed E-state index contributed by atoms with van der Waals surface area (Å²) in [6.07, 6.45) is 0. The number of ketones is 1. The molecule has 2 N–H and O–H groups in total. The van der Waals surface area contributed by atoms with Crippen molar-refractivity contribution < 1.29 is 33.6 Å². The Hall–Kier alpha value is -5.06. The molecule has 0 aliphatic heterocycles. The summed E-state index contributed by atoms with van der Waals surface area (Å²) in [7, 11) is 0. The number of ether oxygens (including phenoxy) is 2. The van der Waals surface area contributed by atoms with Crippen molar-refractivity contribution in [3.8, 4) is 11.5 Å². The Labute approximate surface area is 205 Å². The number of carbonyl (C=O) groups excluding carboxylic acids is 4. The van der Waals surface area contributed by atoms with E-state index in [1.54, 1.807) is 30.3 Å². The molecule has 0 radical (unpaired) electrons. The maximum atomic E-state index is 12.3. The minimum Gasteiger partial charge on any atom is -0.457 e. The lowest BCUT2D eigenvalue weighted by molar-refractivity contribution is -0.384. The number of carbonyl (C=O) groups is 4. The first-order valence-electron chi connectivity index (χ1n) is 10.6. The van der Waals surface area contributed by atoms with Gasteiger partial charge in [-0.2, -0.15) is 0 Å². The van der Waals surface area contributed by atoms with Crippen LogP contribution >= 0.6 is 0 Å². The highest BCUT2D eigenvalue weighted by molar-refractivity contribution is 5.98. The van der Waals surface area contributed by atoms with Crippen LogP contribution in [0.1, 0.15) is 20.7 Å². The summed E-state index contributed by atoms with van der Waals surface area (Å²) in [6, 6.07) is 19.9. The highest BCUT2D eigenvalue weighted by atomic mass is 16.6. The number of rotatable bonds is 11. The van der Waals surface area contributed by atoms with Crippen molar-refractivity contribution in [3.63, 3.8) is 0 Å². The molecule has 11 heteroatoms. The number of amides is 2. The van der Waals surface area contributed by atoms with Gasteiger partial charge in [0.25, 0.3) is 11.6 Å². The first kappa shape index (κ1) is 25.6. The van der Waals surface area contributed by atoms with Gasteiger partial charge in [-0.1, -0.05) is 18.2 Å². The number of esters is 1. The van der Waals surface area contributed by atoms with Crippen molar-refractivity contribution in [1.82, 2.24) is 10.6 Å². The van der Waals surface area contributed by atoms with Crippen LogP contribution in [0.4, 0.5) is 5.69 Å². The lowest BCUT2D eigenvalue weighted by Crippen LogP contribution is -2.39. The zero-order valence-electron chi connectivity index (χ0n) is 18.8. The van der Waals surface area contributed by atoms with E-state index in [1.807, 2.05) is 0 Å². The normalized spacial score (nSPS) is 10.1. The van der Waals surface area contributed by atoms with Gasteiger partial charge >= 0.3 is 5.97 Å². The molecule has 0 unspecified atom stereocenters. The molecule has 3 aromatic rings. The van der Waals surface area contributed by atoms with Crippen LogP contribution in [0.25, 0.3) is 0 Å². The van der Waals surface area contributed by atoms with Gasteiger partial charge in [-0.15, -0.1) is 0 Å². The molecule has 11 nitrogen and oxygen atoms in total. The highest BCUT2D eigenvalue weighted by Gasteiger charge is 2.13. The average Bonchev–Trinajstić information content (AvgIpc) is 2.90. The fraction of sp³-hybridized carbons (Fsp3) is 0.120. The summed E-state index contributed by atoms with van der Waals surface area (Å²) in [5.41, 5.74) is 0.605. The number of Topliss-reactive ketones (excluding diaryl/α,β-unsaturated/α-hetero) is 1. The Morgan fingerprint density at radius 3 is 1.97 bits per heavy atom. The molecule has 36 heavy (non-hydrogen) atoms. The fourth-order valence-electron chi connectivity index (χ4n) is 2.85. The van der Waals surface area contributed by atoms with E-state index in [-0.39, 0.29) is 17.8 Å². The molecular formula is C25H21N3O8. The van der Waals surface area contributed by atoms with Crippen molar-refractivity contribution >= 4 is 29.3 Å². The maximum Gasteiger partial charge on any atom is 0.325 e. The third-order valence-corrected chi connectivity index (χ3v) is 4.70. The number of hydrogen-bond acceptors (Lipinski definition) is 8. The summed E-state index contributed by atoms with van der Waals surface area (Å²) in [6.45, 7) is -1.31. The van der Waals surface area contributed by atoms with Gasteiger partial charge < -0.3 is 20.1 Å². The average molecular weight is 491 g/mol. The predicted octanol–water partition coefficient (Wildman–Crippen LogP) is 2.66. The number of nitrogens with zero attached hydrogens (tertiary/aromatic N) is 1. The molecule has 0 fully saturated rings. The van der Waals surface area contributed by atoms with E-state index in [4.69, 9.17) is 9.47 Å². The van der Waals surface area contributed by atoms with Crippen LogP contribution in [0.15, 0.2) is 78.9 Å². The first-order valence-corrected chi connectivity index (χ1v) is 10.6. The van der Waals surface area contributed by atoms with E-state index in [1.165, 1.54) is 48.5 Å². The molecule has 0 saturated carbocycles. The Bertz CT molecular complexity index is 1240. The third-order valence-electron chi connectivity index (χ3n) is 4.70. The molecule has 184 valence electrons. The number of nitrogens with one attached hydrogen (secondary N) is 2. The van der Waals surface area contributed by atoms with E-state index < -0.39 is 41.6 Å². The van der Waals surface area contributed by atoms with Crippen molar-refractivity contribution in [2.24, 2.45) is 0 Å². The van der Waals surface area contributed by atoms with E-state index in [2.05, 4.69) is 10.6 Å². The van der Waals surface area contributed by atoms with Crippen molar-refractivity contribution in [1.29, 1.82) is 0 Å². The summed E-state index contributed by atoms with van der Waals surface area (Å²) in [5.74, 6) is -1.51. The predicted molar refractivity (Wildman–Crippen MR) is 127 cm³/mol. The standard InChI is InChI=1S/C25H21N3O8/c29-22(17-6-10-20(11-7-17)36-21-12-8-19(9-13-21)28(33)34)16-35-24(31)15-26-23(30)14-27-25(32)18-4-2-1-3-5-18/h1-13H,14-16H2,(H,26,30)(H,27,32). The third kappa shape index (κ3) is 7.76. The van der Waals surface area contributed by atoms with Gasteiger partial charge in [-0.25, -0.2) is 0 Å².